The maximum absolute atomic E-state index is 12.5. The molecule has 0 bridgehead atoms. The fourth-order valence-electron chi connectivity index (χ4n) is 3.67. The molecule has 1 amide bonds. The van der Waals surface area contributed by atoms with Gasteiger partial charge in [0, 0.05) is 19.0 Å². The van der Waals surface area contributed by atoms with Crippen LogP contribution in [0.3, 0.4) is 0 Å². The van der Waals surface area contributed by atoms with Crippen LogP contribution < -0.4 is 5.73 Å². The van der Waals surface area contributed by atoms with Crippen molar-refractivity contribution in [3.8, 4) is 0 Å². The minimum absolute atomic E-state index is 0.249. The summed E-state index contributed by atoms with van der Waals surface area (Å²) in [5.74, 6) is 1.21. The van der Waals surface area contributed by atoms with Gasteiger partial charge in [0.25, 0.3) is 0 Å². The maximum atomic E-state index is 12.5. The third-order valence-electron chi connectivity index (χ3n) is 4.94. The average molecular weight is 252 g/mol. The largest absolute Gasteiger partial charge is 0.343 e. The first-order chi connectivity index (χ1) is 8.72. The Kier molecular flexibility index (Phi) is 5.04. The molecular formula is C15H28N2O. The summed E-state index contributed by atoms with van der Waals surface area (Å²) in [6.07, 6.45) is 10.8. The zero-order valence-corrected chi connectivity index (χ0v) is 11.7. The molecule has 0 aromatic rings. The summed E-state index contributed by atoms with van der Waals surface area (Å²) in [5, 5.41) is 0. The molecule has 0 aliphatic heterocycles. The summed E-state index contributed by atoms with van der Waals surface area (Å²) >= 11 is 0. The van der Waals surface area contributed by atoms with Gasteiger partial charge in [0.1, 0.15) is 0 Å². The van der Waals surface area contributed by atoms with E-state index in [-0.39, 0.29) is 5.92 Å². The van der Waals surface area contributed by atoms with Crippen LogP contribution >= 0.6 is 0 Å². The molecule has 2 unspecified atom stereocenters. The Hall–Kier alpha value is -0.570. The molecule has 2 N–H and O–H groups in total. The van der Waals surface area contributed by atoms with Gasteiger partial charge in [-0.1, -0.05) is 25.7 Å². The lowest BCUT2D eigenvalue weighted by Gasteiger charge is -2.36. The molecule has 2 aliphatic rings. The van der Waals surface area contributed by atoms with Crippen LogP contribution in [0.4, 0.5) is 0 Å². The Morgan fingerprint density at radius 2 is 1.83 bits per heavy atom. The van der Waals surface area contributed by atoms with E-state index in [2.05, 4.69) is 4.90 Å². The first-order valence-electron chi connectivity index (χ1n) is 7.69. The monoisotopic (exact) mass is 252 g/mol. The number of hydrogen-bond donors (Lipinski definition) is 1. The fourth-order valence-corrected chi connectivity index (χ4v) is 3.67. The van der Waals surface area contributed by atoms with Gasteiger partial charge in [-0.25, -0.2) is 0 Å². The smallest absolute Gasteiger partial charge is 0.225 e. The second-order valence-corrected chi connectivity index (χ2v) is 6.21. The molecule has 2 rings (SSSR count). The van der Waals surface area contributed by atoms with E-state index in [1.54, 1.807) is 0 Å². The van der Waals surface area contributed by atoms with Crippen molar-refractivity contribution in [3.05, 3.63) is 0 Å². The zero-order valence-electron chi connectivity index (χ0n) is 11.7. The first-order valence-corrected chi connectivity index (χ1v) is 7.69. The van der Waals surface area contributed by atoms with Gasteiger partial charge in [-0.3, -0.25) is 4.79 Å². The van der Waals surface area contributed by atoms with Gasteiger partial charge < -0.3 is 10.6 Å². The van der Waals surface area contributed by atoms with Crippen molar-refractivity contribution < 1.29 is 4.79 Å². The molecule has 2 fully saturated rings. The third-order valence-corrected chi connectivity index (χ3v) is 4.94. The van der Waals surface area contributed by atoms with E-state index in [0.717, 1.165) is 19.4 Å². The molecule has 2 atom stereocenters. The molecule has 0 heterocycles. The summed E-state index contributed by atoms with van der Waals surface area (Å²) in [6, 6.07) is 0.504. The molecule has 104 valence electrons. The van der Waals surface area contributed by atoms with Crippen LogP contribution in [0.2, 0.25) is 0 Å². The van der Waals surface area contributed by atoms with Gasteiger partial charge in [-0.2, -0.15) is 0 Å². The Morgan fingerprint density at radius 3 is 2.50 bits per heavy atom. The highest BCUT2D eigenvalue weighted by Gasteiger charge is 2.31. The quantitative estimate of drug-likeness (QED) is 0.839. The predicted octanol–water partition coefficient (Wildman–Crippen LogP) is 2.54. The van der Waals surface area contributed by atoms with E-state index in [0.29, 0.717) is 17.9 Å². The van der Waals surface area contributed by atoms with Gasteiger partial charge in [-0.15, -0.1) is 0 Å². The number of nitrogens with zero attached hydrogens (tertiary/aromatic N) is 1. The van der Waals surface area contributed by atoms with Crippen molar-refractivity contribution in [2.45, 2.75) is 63.8 Å². The highest BCUT2D eigenvalue weighted by molar-refractivity contribution is 5.79. The van der Waals surface area contributed by atoms with E-state index in [9.17, 15) is 4.79 Å². The van der Waals surface area contributed by atoms with Crippen molar-refractivity contribution in [3.63, 3.8) is 0 Å². The summed E-state index contributed by atoms with van der Waals surface area (Å²) in [4.78, 5) is 14.6. The lowest BCUT2D eigenvalue weighted by Crippen LogP contribution is -2.43. The van der Waals surface area contributed by atoms with Gasteiger partial charge in [-0.05, 0) is 44.6 Å². The maximum Gasteiger partial charge on any atom is 0.225 e. The van der Waals surface area contributed by atoms with E-state index in [1.165, 1.54) is 44.9 Å². The number of carbonyl (C=O) groups is 1. The number of nitrogens with two attached hydrogens (primary N) is 1. The zero-order chi connectivity index (χ0) is 13.0. The third kappa shape index (κ3) is 3.25. The van der Waals surface area contributed by atoms with E-state index < -0.39 is 0 Å². The van der Waals surface area contributed by atoms with Crippen molar-refractivity contribution >= 4 is 5.91 Å². The molecule has 18 heavy (non-hydrogen) atoms. The lowest BCUT2D eigenvalue weighted by atomic mass is 9.80. The van der Waals surface area contributed by atoms with Gasteiger partial charge >= 0.3 is 0 Å². The van der Waals surface area contributed by atoms with Crippen LogP contribution in [-0.4, -0.2) is 30.4 Å². The number of rotatable bonds is 3. The second kappa shape index (κ2) is 6.55. The predicted molar refractivity (Wildman–Crippen MR) is 74.1 cm³/mol. The Balaban J connectivity index is 1.88. The normalized spacial score (nSPS) is 30.1. The van der Waals surface area contributed by atoms with Crippen molar-refractivity contribution in [2.75, 3.05) is 13.6 Å². The van der Waals surface area contributed by atoms with Crippen LogP contribution in [0.15, 0.2) is 0 Å². The van der Waals surface area contributed by atoms with E-state index in [1.807, 2.05) is 7.05 Å². The standard InChI is InChI=1S/C15H28N2O/c1-17(14-8-3-2-4-9-14)15(18)13-7-5-6-12(10-13)11-16/h12-14H,2-11,16H2,1H3. The van der Waals surface area contributed by atoms with Gasteiger partial charge in [0.15, 0.2) is 0 Å². The van der Waals surface area contributed by atoms with Crippen molar-refractivity contribution in [1.82, 2.24) is 4.90 Å². The first kappa shape index (κ1) is 13.9. The highest BCUT2D eigenvalue weighted by atomic mass is 16.2. The van der Waals surface area contributed by atoms with Crippen molar-refractivity contribution in [1.29, 1.82) is 0 Å². The number of carbonyl (C=O) groups excluding carboxylic acids is 1. The minimum atomic E-state index is 0.249. The van der Waals surface area contributed by atoms with Gasteiger partial charge in [0.05, 0.1) is 0 Å². The molecule has 2 aliphatic carbocycles. The molecular weight excluding hydrogens is 224 g/mol. The highest BCUT2D eigenvalue weighted by Crippen LogP contribution is 2.31. The average Bonchev–Trinajstić information content (AvgIpc) is 2.46. The fraction of sp³-hybridized carbons (Fsp3) is 0.933. The van der Waals surface area contributed by atoms with Crippen LogP contribution in [0.5, 0.6) is 0 Å². The summed E-state index contributed by atoms with van der Waals surface area (Å²) in [6.45, 7) is 0.747. The van der Waals surface area contributed by atoms with Crippen LogP contribution in [0, 0.1) is 11.8 Å². The van der Waals surface area contributed by atoms with E-state index in [4.69, 9.17) is 5.73 Å². The summed E-state index contributed by atoms with van der Waals surface area (Å²) in [5.41, 5.74) is 5.76. The second-order valence-electron chi connectivity index (χ2n) is 6.21. The SMILES string of the molecule is CN(C(=O)C1CCCC(CN)C1)C1CCCCC1. The molecule has 0 saturated heterocycles. The molecule has 0 radical (unpaired) electrons. The number of amides is 1. The van der Waals surface area contributed by atoms with Crippen molar-refractivity contribution in [2.24, 2.45) is 17.6 Å². The number of hydrogen-bond acceptors (Lipinski definition) is 2. The summed E-state index contributed by atoms with van der Waals surface area (Å²) < 4.78 is 0. The molecule has 0 aromatic heterocycles. The molecule has 2 saturated carbocycles. The molecule has 3 heteroatoms. The minimum Gasteiger partial charge on any atom is -0.343 e. The van der Waals surface area contributed by atoms with Gasteiger partial charge in [0.2, 0.25) is 5.91 Å². The van der Waals surface area contributed by atoms with Crippen LogP contribution in [-0.2, 0) is 4.79 Å². The van der Waals surface area contributed by atoms with E-state index >= 15 is 0 Å². The topological polar surface area (TPSA) is 46.3 Å². The molecule has 3 nitrogen and oxygen atoms in total. The Morgan fingerprint density at radius 1 is 1.11 bits per heavy atom. The summed E-state index contributed by atoms with van der Waals surface area (Å²) in [7, 11) is 2.02. The molecule has 0 spiro atoms. The van der Waals surface area contributed by atoms with Crippen LogP contribution in [0.1, 0.15) is 57.8 Å². The Labute approximate surface area is 111 Å². The van der Waals surface area contributed by atoms with Crippen LogP contribution in [0.25, 0.3) is 0 Å². The Bertz CT molecular complexity index is 270. The molecule has 0 aromatic carbocycles. The lowest BCUT2D eigenvalue weighted by molar-refractivity contribution is -0.138.